The second-order valence-corrected chi connectivity index (χ2v) is 10.6. The van der Waals surface area contributed by atoms with Gasteiger partial charge in [-0.1, -0.05) is 17.7 Å². The molecular weight excluding hydrogens is 509 g/mol. The number of hydrogen-bond acceptors (Lipinski definition) is 7. The zero-order valence-electron chi connectivity index (χ0n) is 21.9. The number of aromatic nitrogens is 2. The molecule has 1 aromatic heterocycles. The molecule has 2 aliphatic rings. The minimum Gasteiger partial charge on any atom is -0.493 e. The zero-order chi connectivity index (χ0) is 26.8. The minimum atomic E-state index is -0.546. The molecular formula is C28H33ClFN5O3. The van der Waals surface area contributed by atoms with Crippen LogP contribution in [0.25, 0.3) is 10.9 Å². The van der Waals surface area contributed by atoms with E-state index in [1.54, 1.807) is 30.2 Å². The van der Waals surface area contributed by atoms with Crippen molar-refractivity contribution in [3.05, 3.63) is 47.5 Å². The van der Waals surface area contributed by atoms with E-state index in [1.165, 1.54) is 12.4 Å². The lowest BCUT2D eigenvalue weighted by molar-refractivity contribution is -0.134. The molecule has 5 rings (SSSR count). The molecule has 10 heteroatoms. The van der Waals surface area contributed by atoms with E-state index in [2.05, 4.69) is 20.2 Å². The number of carbonyl (C=O) groups is 1. The molecule has 1 saturated carbocycles. The number of rotatable bonds is 7. The summed E-state index contributed by atoms with van der Waals surface area (Å²) in [4.78, 5) is 25.5. The Morgan fingerprint density at radius 2 is 1.92 bits per heavy atom. The number of likely N-dealkylation sites (N-methyl/N-ethyl adjacent to an activating group) is 1. The van der Waals surface area contributed by atoms with Crippen LogP contribution in [0.5, 0.6) is 11.5 Å². The summed E-state index contributed by atoms with van der Waals surface area (Å²) in [5.74, 6) is 1.27. The number of anilines is 2. The maximum absolute atomic E-state index is 14.5. The first kappa shape index (κ1) is 26.4. The maximum Gasteiger partial charge on any atom is 0.239 e. The number of likely N-dealkylation sites (tertiary alicyclic amines) is 1. The van der Waals surface area contributed by atoms with Crippen molar-refractivity contribution in [3.63, 3.8) is 0 Å². The third-order valence-electron chi connectivity index (χ3n) is 7.55. The highest BCUT2D eigenvalue weighted by Gasteiger charge is 2.38. The third-order valence-corrected chi connectivity index (χ3v) is 7.84. The Balaban J connectivity index is 1.32. The molecule has 202 valence electrons. The number of methoxy groups -OCH3 is 1. The van der Waals surface area contributed by atoms with Crippen molar-refractivity contribution in [1.82, 2.24) is 19.8 Å². The predicted octanol–water partition coefficient (Wildman–Crippen LogP) is 5.42. The van der Waals surface area contributed by atoms with Crippen molar-refractivity contribution in [2.45, 2.75) is 56.7 Å². The van der Waals surface area contributed by atoms with Gasteiger partial charge in [0.25, 0.3) is 0 Å². The fourth-order valence-electron chi connectivity index (χ4n) is 5.61. The molecule has 0 radical (unpaired) electrons. The summed E-state index contributed by atoms with van der Waals surface area (Å²) >= 11 is 5.95. The highest BCUT2D eigenvalue weighted by atomic mass is 35.5. The summed E-state index contributed by atoms with van der Waals surface area (Å²) in [7, 11) is 5.26. The SMILES string of the molecule is COc1cc2ncnc(Nc3cccc(Cl)c3F)c2cc1O[C@H]1CC[C@H](N2CCC[C@H]2C(=O)N(C)C)CC1. The van der Waals surface area contributed by atoms with E-state index < -0.39 is 5.82 Å². The van der Waals surface area contributed by atoms with Gasteiger partial charge in [-0.25, -0.2) is 14.4 Å². The van der Waals surface area contributed by atoms with Crippen LogP contribution >= 0.6 is 11.6 Å². The Bertz CT molecular complexity index is 1320. The summed E-state index contributed by atoms with van der Waals surface area (Å²) in [5, 5.41) is 3.75. The van der Waals surface area contributed by atoms with Crippen LogP contribution in [-0.4, -0.2) is 71.6 Å². The van der Waals surface area contributed by atoms with Crippen molar-refractivity contribution in [3.8, 4) is 11.5 Å². The second-order valence-electron chi connectivity index (χ2n) is 10.1. The smallest absolute Gasteiger partial charge is 0.239 e. The zero-order valence-corrected chi connectivity index (χ0v) is 22.7. The van der Waals surface area contributed by atoms with E-state index in [-0.39, 0.29) is 28.8 Å². The van der Waals surface area contributed by atoms with Gasteiger partial charge in [0.05, 0.1) is 35.5 Å². The molecule has 1 aliphatic carbocycles. The summed E-state index contributed by atoms with van der Waals surface area (Å²) in [6.45, 7) is 0.974. The van der Waals surface area contributed by atoms with Gasteiger partial charge in [0.2, 0.25) is 5.91 Å². The van der Waals surface area contributed by atoms with Gasteiger partial charge in [-0.3, -0.25) is 9.69 Å². The van der Waals surface area contributed by atoms with Crippen LogP contribution in [-0.2, 0) is 4.79 Å². The Labute approximate surface area is 227 Å². The van der Waals surface area contributed by atoms with Crippen LogP contribution in [0.3, 0.4) is 0 Å². The highest BCUT2D eigenvalue weighted by molar-refractivity contribution is 6.31. The van der Waals surface area contributed by atoms with Crippen molar-refractivity contribution < 1.29 is 18.7 Å². The van der Waals surface area contributed by atoms with E-state index in [0.717, 1.165) is 45.1 Å². The predicted molar refractivity (Wildman–Crippen MR) is 146 cm³/mol. The molecule has 0 spiro atoms. The van der Waals surface area contributed by atoms with Crippen LogP contribution in [0, 0.1) is 5.82 Å². The molecule has 8 nitrogen and oxygen atoms in total. The lowest BCUT2D eigenvalue weighted by atomic mass is 9.91. The molecule has 1 saturated heterocycles. The topological polar surface area (TPSA) is 79.8 Å². The largest absolute Gasteiger partial charge is 0.493 e. The van der Waals surface area contributed by atoms with E-state index in [9.17, 15) is 9.18 Å². The molecule has 0 unspecified atom stereocenters. The molecule has 1 aliphatic heterocycles. The van der Waals surface area contributed by atoms with Crippen LogP contribution < -0.4 is 14.8 Å². The van der Waals surface area contributed by atoms with E-state index in [4.69, 9.17) is 21.1 Å². The van der Waals surface area contributed by atoms with Gasteiger partial charge in [-0.2, -0.15) is 0 Å². The number of ether oxygens (including phenoxy) is 2. The lowest BCUT2D eigenvalue weighted by Crippen LogP contribution is -2.49. The van der Waals surface area contributed by atoms with Crippen LogP contribution in [0.2, 0.25) is 5.02 Å². The molecule has 2 aromatic carbocycles. The van der Waals surface area contributed by atoms with Crippen LogP contribution in [0.4, 0.5) is 15.9 Å². The van der Waals surface area contributed by atoms with Crippen LogP contribution in [0.15, 0.2) is 36.7 Å². The van der Waals surface area contributed by atoms with Gasteiger partial charge < -0.3 is 19.7 Å². The number of benzene rings is 2. The number of nitrogens with one attached hydrogen (secondary N) is 1. The molecule has 0 bridgehead atoms. The monoisotopic (exact) mass is 541 g/mol. The van der Waals surface area contributed by atoms with Gasteiger partial charge in [-0.15, -0.1) is 0 Å². The second kappa shape index (κ2) is 11.3. The number of halogens is 2. The molecule has 1 atom stereocenters. The molecule has 1 amide bonds. The van der Waals surface area contributed by atoms with Crippen LogP contribution in [0.1, 0.15) is 38.5 Å². The normalized spacial score (nSPS) is 21.9. The highest BCUT2D eigenvalue weighted by Crippen LogP contribution is 2.38. The summed E-state index contributed by atoms with van der Waals surface area (Å²) in [6.07, 6.45) is 7.15. The molecule has 2 fully saturated rings. The molecule has 38 heavy (non-hydrogen) atoms. The number of fused-ring (bicyclic) bond motifs is 1. The lowest BCUT2D eigenvalue weighted by Gasteiger charge is -2.38. The fraction of sp³-hybridized carbons (Fsp3) is 0.464. The van der Waals surface area contributed by atoms with Gasteiger partial charge in [0, 0.05) is 31.6 Å². The van der Waals surface area contributed by atoms with Gasteiger partial charge in [0.1, 0.15) is 12.1 Å². The molecule has 1 N–H and O–H groups in total. The van der Waals surface area contributed by atoms with Crippen molar-refractivity contribution in [2.75, 3.05) is 33.1 Å². The first-order valence-corrected chi connectivity index (χ1v) is 13.4. The summed E-state index contributed by atoms with van der Waals surface area (Å²) in [5.41, 5.74) is 0.866. The number of nitrogens with zero attached hydrogens (tertiary/aromatic N) is 4. The summed E-state index contributed by atoms with van der Waals surface area (Å²) < 4.78 is 26.6. The minimum absolute atomic E-state index is 0.0108. The van der Waals surface area contributed by atoms with Crippen molar-refractivity contribution in [1.29, 1.82) is 0 Å². The molecule has 3 aromatic rings. The van der Waals surface area contributed by atoms with Gasteiger partial charge in [-0.05, 0) is 63.3 Å². The van der Waals surface area contributed by atoms with E-state index >= 15 is 0 Å². The first-order chi connectivity index (χ1) is 18.4. The number of hydrogen-bond donors (Lipinski definition) is 1. The Morgan fingerprint density at radius 3 is 2.66 bits per heavy atom. The van der Waals surface area contributed by atoms with Crippen molar-refractivity contribution in [2.24, 2.45) is 0 Å². The Kier molecular flexibility index (Phi) is 7.85. The van der Waals surface area contributed by atoms with Crippen molar-refractivity contribution >= 4 is 39.9 Å². The first-order valence-electron chi connectivity index (χ1n) is 13.0. The molecule has 2 heterocycles. The summed E-state index contributed by atoms with van der Waals surface area (Å²) in [6, 6.07) is 8.80. The number of carbonyl (C=O) groups excluding carboxylic acids is 1. The maximum atomic E-state index is 14.5. The third kappa shape index (κ3) is 5.35. The average Bonchev–Trinajstić information content (AvgIpc) is 3.41. The quantitative estimate of drug-likeness (QED) is 0.428. The van der Waals surface area contributed by atoms with Gasteiger partial charge in [0.15, 0.2) is 17.3 Å². The Morgan fingerprint density at radius 1 is 1.13 bits per heavy atom. The van der Waals surface area contributed by atoms with E-state index in [1.807, 2.05) is 20.2 Å². The van der Waals surface area contributed by atoms with E-state index in [0.29, 0.717) is 34.3 Å². The van der Waals surface area contributed by atoms with Gasteiger partial charge >= 0.3 is 0 Å². The fourth-order valence-corrected chi connectivity index (χ4v) is 5.78. The Hall–Kier alpha value is -3.17. The number of amides is 1. The average molecular weight is 542 g/mol. The standard InChI is InChI=1S/C28H33ClFN5O3/c1-34(2)28(36)23-8-5-13-35(23)17-9-11-18(12-10-17)38-25-14-19-22(15-24(25)37-3)31-16-32-27(19)33-21-7-4-6-20(29)26(21)30/h4,6-7,14-18,23H,5,8-13H2,1-3H3,(H,31,32,33)/t17-,18-,23-/m0/s1.